The van der Waals surface area contributed by atoms with Gasteiger partial charge in [-0.25, -0.2) is 4.98 Å². The zero-order valence-corrected chi connectivity index (χ0v) is 10.9. The lowest BCUT2D eigenvalue weighted by Crippen LogP contribution is -2.27. The number of nitrogens with zero attached hydrogens (tertiary/aromatic N) is 2. The van der Waals surface area contributed by atoms with Gasteiger partial charge in [0.25, 0.3) is 0 Å². The second-order valence-corrected chi connectivity index (χ2v) is 4.55. The van der Waals surface area contributed by atoms with Crippen LogP contribution in [-0.4, -0.2) is 30.5 Å². The Kier molecular flexibility index (Phi) is 3.52. The number of carbonyl (C=O) groups excluding carboxylic acids is 2. The number of aryl methyl sites for hydroxylation is 1. The van der Waals surface area contributed by atoms with Gasteiger partial charge in [0.1, 0.15) is 0 Å². The molecule has 96 valence electrons. The maximum absolute atomic E-state index is 11.9. The second-order valence-electron chi connectivity index (χ2n) is 4.20. The molecular weight excluding hydrogens is 256 g/mol. The number of rotatable bonds is 2. The summed E-state index contributed by atoms with van der Waals surface area (Å²) in [4.78, 5) is 28.9. The van der Waals surface area contributed by atoms with Crippen LogP contribution in [0.1, 0.15) is 12.0 Å². The molecular formula is C12H13ClN2O3. The van der Waals surface area contributed by atoms with Gasteiger partial charge >= 0.3 is 5.97 Å². The number of esters is 1. The third kappa shape index (κ3) is 2.18. The molecule has 1 aliphatic heterocycles. The molecule has 1 aliphatic rings. The summed E-state index contributed by atoms with van der Waals surface area (Å²) in [7, 11) is 1.32. The van der Waals surface area contributed by atoms with E-state index in [4.69, 9.17) is 11.6 Å². The normalized spacial score (nSPS) is 19.2. The molecule has 1 saturated heterocycles. The summed E-state index contributed by atoms with van der Waals surface area (Å²) in [5, 5.41) is 0.272. The molecule has 0 aromatic carbocycles. The Hall–Kier alpha value is -1.62. The van der Waals surface area contributed by atoms with Crippen LogP contribution in [0.5, 0.6) is 0 Å². The van der Waals surface area contributed by atoms with E-state index < -0.39 is 5.92 Å². The monoisotopic (exact) mass is 268 g/mol. The van der Waals surface area contributed by atoms with Gasteiger partial charge < -0.3 is 9.64 Å². The fourth-order valence-electron chi connectivity index (χ4n) is 2.09. The van der Waals surface area contributed by atoms with E-state index >= 15 is 0 Å². The first kappa shape index (κ1) is 12.8. The Morgan fingerprint density at radius 2 is 2.33 bits per heavy atom. The molecule has 2 rings (SSSR count). The van der Waals surface area contributed by atoms with Crippen LogP contribution >= 0.6 is 11.6 Å². The lowest BCUT2D eigenvalue weighted by atomic mass is 10.1. The van der Waals surface area contributed by atoms with Gasteiger partial charge in [0.15, 0.2) is 5.15 Å². The summed E-state index contributed by atoms with van der Waals surface area (Å²) in [6.45, 7) is 2.14. The highest BCUT2D eigenvalue weighted by Gasteiger charge is 2.37. The summed E-state index contributed by atoms with van der Waals surface area (Å²) >= 11 is 6.01. The molecule has 1 atom stereocenters. The van der Waals surface area contributed by atoms with Crippen molar-refractivity contribution in [2.24, 2.45) is 5.92 Å². The van der Waals surface area contributed by atoms with Crippen molar-refractivity contribution in [3.63, 3.8) is 0 Å². The van der Waals surface area contributed by atoms with E-state index in [9.17, 15) is 9.59 Å². The van der Waals surface area contributed by atoms with Crippen LogP contribution in [0.4, 0.5) is 5.69 Å². The van der Waals surface area contributed by atoms with Gasteiger partial charge in [-0.1, -0.05) is 11.6 Å². The largest absolute Gasteiger partial charge is 0.469 e. The standard InChI is InChI=1S/C12H13ClN2O3/c1-7-3-4-14-11(13)10(7)15-6-8(5-9(15)16)12(17)18-2/h3-4,8H,5-6H2,1-2H3. The van der Waals surface area contributed by atoms with Gasteiger partial charge in [-0.05, 0) is 18.6 Å². The highest BCUT2D eigenvalue weighted by Crippen LogP contribution is 2.32. The molecule has 1 aromatic heterocycles. The highest BCUT2D eigenvalue weighted by atomic mass is 35.5. The molecule has 0 spiro atoms. The van der Waals surface area contributed by atoms with Crippen molar-refractivity contribution in [1.29, 1.82) is 0 Å². The van der Waals surface area contributed by atoms with Crippen LogP contribution in [0.3, 0.4) is 0 Å². The number of methoxy groups -OCH3 is 1. The predicted molar refractivity (Wildman–Crippen MR) is 66.5 cm³/mol. The topological polar surface area (TPSA) is 59.5 Å². The van der Waals surface area contributed by atoms with Crippen molar-refractivity contribution in [3.8, 4) is 0 Å². The Bertz CT molecular complexity index is 484. The molecule has 0 bridgehead atoms. The number of ether oxygens (including phenoxy) is 1. The average Bonchev–Trinajstić information content (AvgIpc) is 2.70. The molecule has 18 heavy (non-hydrogen) atoms. The van der Waals surface area contributed by atoms with Crippen molar-refractivity contribution < 1.29 is 14.3 Å². The number of halogens is 1. The number of aromatic nitrogens is 1. The Morgan fingerprint density at radius 1 is 1.61 bits per heavy atom. The SMILES string of the molecule is COC(=O)C1CC(=O)N(c2c(C)ccnc2Cl)C1. The van der Waals surface area contributed by atoms with E-state index in [-0.39, 0.29) is 30.0 Å². The van der Waals surface area contributed by atoms with E-state index in [1.165, 1.54) is 12.0 Å². The quantitative estimate of drug-likeness (QED) is 0.603. The van der Waals surface area contributed by atoms with Crippen molar-refractivity contribution in [1.82, 2.24) is 4.98 Å². The van der Waals surface area contributed by atoms with Gasteiger partial charge in [0.05, 0.1) is 18.7 Å². The van der Waals surface area contributed by atoms with Crippen LogP contribution < -0.4 is 4.90 Å². The Morgan fingerprint density at radius 3 is 2.94 bits per heavy atom. The minimum Gasteiger partial charge on any atom is -0.469 e. The van der Waals surface area contributed by atoms with Gasteiger partial charge in [-0.15, -0.1) is 0 Å². The number of amides is 1. The molecule has 1 amide bonds. The van der Waals surface area contributed by atoms with Crippen LogP contribution in [0.15, 0.2) is 12.3 Å². The van der Waals surface area contributed by atoms with E-state index in [2.05, 4.69) is 9.72 Å². The molecule has 0 saturated carbocycles. The summed E-state index contributed by atoms with van der Waals surface area (Å²) in [6.07, 6.45) is 1.73. The Labute approximate surface area is 110 Å². The number of hydrogen-bond donors (Lipinski definition) is 0. The molecule has 1 unspecified atom stereocenters. The van der Waals surface area contributed by atoms with Crippen LogP contribution in [-0.2, 0) is 14.3 Å². The van der Waals surface area contributed by atoms with Gasteiger partial charge in [-0.2, -0.15) is 0 Å². The van der Waals surface area contributed by atoms with Crippen molar-refractivity contribution in [2.75, 3.05) is 18.6 Å². The molecule has 0 N–H and O–H groups in total. The third-order valence-electron chi connectivity index (χ3n) is 3.01. The zero-order valence-electron chi connectivity index (χ0n) is 10.1. The molecule has 0 radical (unpaired) electrons. The van der Waals surface area contributed by atoms with Crippen LogP contribution in [0, 0.1) is 12.8 Å². The molecule has 2 heterocycles. The number of pyridine rings is 1. The summed E-state index contributed by atoms with van der Waals surface area (Å²) in [6, 6.07) is 1.78. The lowest BCUT2D eigenvalue weighted by Gasteiger charge is -2.19. The maximum Gasteiger partial charge on any atom is 0.311 e. The van der Waals surface area contributed by atoms with Gasteiger partial charge in [0.2, 0.25) is 5.91 Å². The third-order valence-corrected chi connectivity index (χ3v) is 3.29. The summed E-state index contributed by atoms with van der Waals surface area (Å²) in [5.74, 6) is -0.940. The summed E-state index contributed by atoms with van der Waals surface area (Å²) < 4.78 is 4.66. The fraction of sp³-hybridized carbons (Fsp3) is 0.417. The number of carbonyl (C=O) groups is 2. The molecule has 1 aromatic rings. The van der Waals surface area contributed by atoms with Crippen molar-refractivity contribution in [2.45, 2.75) is 13.3 Å². The van der Waals surface area contributed by atoms with Crippen LogP contribution in [0.2, 0.25) is 5.15 Å². The molecule has 6 heteroatoms. The van der Waals surface area contributed by atoms with E-state index in [1.807, 2.05) is 6.92 Å². The first-order valence-corrected chi connectivity index (χ1v) is 5.91. The minimum absolute atomic E-state index is 0.136. The van der Waals surface area contributed by atoms with Crippen LogP contribution in [0.25, 0.3) is 0 Å². The molecule has 5 nitrogen and oxygen atoms in total. The average molecular weight is 269 g/mol. The van der Waals surface area contributed by atoms with Gasteiger partial charge in [0, 0.05) is 19.2 Å². The highest BCUT2D eigenvalue weighted by molar-refractivity contribution is 6.32. The Balaban J connectivity index is 2.30. The van der Waals surface area contributed by atoms with E-state index in [0.717, 1.165) is 5.56 Å². The summed E-state index contributed by atoms with van der Waals surface area (Å²) in [5.41, 5.74) is 1.43. The van der Waals surface area contributed by atoms with Crippen molar-refractivity contribution in [3.05, 3.63) is 23.0 Å². The smallest absolute Gasteiger partial charge is 0.311 e. The predicted octanol–water partition coefficient (Wildman–Crippen LogP) is 1.57. The fourth-order valence-corrected chi connectivity index (χ4v) is 2.40. The minimum atomic E-state index is -0.432. The number of anilines is 1. The maximum atomic E-state index is 11.9. The lowest BCUT2D eigenvalue weighted by molar-refractivity contribution is -0.145. The van der Waals surface area contributed by atoms with E-state index in [1.54, 1.807) is 12.3 Å². The van der Waals surface area contributed by atoms with Gasteiger partial charge in [-0.3, -0.25) is 9.59 Å². The second kappa shape index (κ2) is 4.94. The first-order chi connectivity index (χ1) is 8.54. The molecule has 0 aliphatic carbocycles. The first-order valence-electron chi connectivity index (χ1n) is 5.54. The zero-order chi connectivity index (χ0) is 13.3. The van der Waals surface area contributed by atoms with E-state index in [0.29, 0.717) is 5.69 Å². The van der Waals surface area contributed by atoms with Crippen molar-refractivity contribution >= 4 is 29.2 Å². The number of hydrogen-bond acceptors (Lipinski definition) is 4. The molecule has 1 fully saturated rings.